The Hall–Kier alpha value is -0.720. The van der Waals surface area contributed by atoms with E-state index in [2.05, 4.69) is 15.5 Å². The third kappa shape index (κ3) is 2.65. The average Bonchev–Trinajstić information content (AvgIpc) is 3.17. The Morgan fingerprint density at radius 2 is 2.17 bits per heavy atom. The predicted octanol–water partition coefficient (Wildman–Crippen LogP) is 2.02. The molecule has 18 heavy (non-hydrogen) atoms. The van der Waals surface area contributed by atoms with E-state index in [1.807, 2.05) is 0 Å². The predicted molar refractivity (Wildman–Crippen MR) is 70.2 cm³/mol. The second-order valence-corrected chi connectivity index (χ2v) is 6.08. The zero-order valence-electron chi connectivity index (χ0n) is 10.6. The molecule has 3 rings (SSSR count). The van der Waals surface area contributed by atoms with Crippen LogP contribution in [0.25, 0.3) is 0 Å². The van der Waals surface area contributed by atoms with Crippen molar-refractivity contribution >= 4 is 16.5 Å². The van der Waals surface area contributed by atoms with Crippen LogP contribution >= 0.6 is 11.3 Å². The summed E-state index contributed by atoms with van der Waals surface area (Å²) in [5.41, 5.74) is -0.107. The highest BCUT2D eigenvalue weighted by Crippen LogP contribution is 2.42. The summed E-state index contributed by atoms with van der Waals surface area (Å²) < 4.78 is 11.1. The summed E-state index contributed by atoms with van der Waals surface area (Å²) in [4.78, 5) is 0. The molecule has 1 aromatic rings. The summed E-state index contributed by atoms with van der Waals surface area (Å²) >= 11 is 1.68. The van der Waals surface area contributed by atoms with Crippen molar-refractivity contribution in [2.45, 2.75) is 37.2 Å². The normalized spacial score (nSPS) is 22.9. The quantitative estimate of drug-likeness (QED) is 0.886. The second-order valence-electron chi connectivity index (χ2n) is 5.07. The van der Waals surface area contributed by atoms with Gasteiger partial charge in [-0.15, -0.1) is 10.2 Å². The zero-order chi connectivity index (χ0) is 12.4. The largest absolute Gasteiger partial charge is 0.381 e. The molecule has 100 valence electrons. The molecule has 5 nitrogen and oxygen atoms in total. The Balaban J connectivity index is 1.57. The fraction of sp³-hybridized carbons (Fsp3) is 0.833. The number of hydrogen-bond donors (Lipinski definition) is 1. The van der Waals surface area contributed by atoms with E-state index >= 15 is 0 Å². The highest BCUT2D eigenvalue weighted by Gasteiger charge is 2.33. The smallest absolute Gasteiger partial charge is 0.205 e. The lowest BCUT2D eigenvalue weighted by atomic mass is 9.94. The minimum atomic E-state index is -0.107. The number of rotatable bonds is 5. The maximum Gasteiger partial charge on any atom is 0.205 e. The molecule has 6 heteroatoms. The van der Waals surface area contributed by atoms with Crippen molar-refractivity contribution in [3.8, 4) is 0 Å². The molecule has 2 fully saturated rings. The molecule has 0 aromatic carbocycles. The van der Waals surface area contributed by atoms with E-state index in [-0.39, 0.29) is 5.60 Å². The van der Waals surface area contributed by atoms with Crippen LogP contribution in [0.3, 0.4) is 0 Å². The third-order valence-electron chi connectivity index (χ3n) is 3.77. The van der Waals surface area contributed by atoms with Gasteiger partial charge in [-0.1, -0.05) is 11.3 Å². The van der Waals surface area contributed by atoms with Gasteiger partial charge in [0.2, 0.25) is 5.13 Å². The van der Waals surface area contributed by atoms with Crippen LogP contribution in [0.2, 0.25) is 0 Å². The topological polar surface area (TPSA) is 56.3 Å². The molecule has 0 unspecified atom stereocenters. The monoisotopic (exact) mass is 269 g/mol. The van der Waals surface area contributed by atoms with Gasteiger partial charge in [0.1, 0.15) is 5.01 Å². The molecule has 0 bridgehead atoms. The lowest BCUT2D eigenvalue weighted by Crippen LogP contribution is -2.44. The van der Waals surface area contributed by atoms with Gasteiger partial charge in [0.05, 0.1) is 5.60 Å². The molecule has 1 aliphatic heterocycles. The minimum Gasteiger partial charge on any atom is -0.381 e. The molecule has 1 aliphatic carbocycles. The molecule has 1 saturated carbocycles. The summed E-state index contributed by atoms with van der Waals surface area (Å²) in [7, 11) is 1.78. The van der Waals surface area contributed by atoms with Crippen LogP contribution in [0.4, 0.5) is 5.13 Å². The van der Waals surface area contributed by atoms with Gasteiger partial charge >= 0.3 is 0 Å². The summed E-state index contributed by atoms with van der Waals surface area (Å²) in [6.45, 7) is 2.34. The first kappa shape index (κ1) is 12.3. The van der Waals surface area contributed by atoms with Crippen molar-refractivity contribution in [1.29, 1.82) is 0 Å². The molecule has 2 aliphatic rings. The second kappa shape index (κ2) is 5.11. The fourth-order valence-corrected chi connectivity index (χ4v) is 3.14. The van der Waals surface area contributed by atoms with Crippen LogP contribution in [0.5, 0.6) is 0 Å². The van der Waals surface area contributed by atoms with Gasteiger partial charge in [-0.2, -0.15) is 0 Å². The molecule has 1 N–H and O–H groups in total. The molecule has 1 saturated heterocycles. The van der Waals surface area contributed by atoms with E-state index in [1.54, 1.807) is 18.4 Å². The van der Waals surface area contributed by atoms with Crippen LogP contribution < -0.4 is 5.32 Å². The van der Waals surface area contributed by atoms with Crippen molar-refractivity contribution in [2.24, 2.45) is 0 Å². The van der Waals surface area contributed by atoms with Gasteiger partial charge in [0.25, 0.3) is 0 Å². The van der Waals surface area contributed by atoms with Gasteiger partial charge in [-0.05, 0) is 12.8 Å². The lowest BCUT2D eigenvalue weighted by Gasteiger charge is -2.35. The number of nitrogens with zero attached hydrogens (tertiary/aromatic N) is 2. The zero-order valence-corrected chi connectivity index (χ0v) is 11.5. The Morgan fingerprint density at radius 3 is 2.83 bits per heavy atom. The number of methoxy groups -OCH3 is 1. The van der Waals surface area contributed by atoms with E-state index in [0.717, 1.165) is 37.7 Å². The fourth-order valence-electron chi connectivity index (χ4n) is 2.23. The molecular weight excluding hydrogens is 250 g/mol. The van der Waals surface area contributed by atoms with Gasteiger partial charge in [-0.3, -0.25) is 0 Å². The van der Waals surface area contributed by atoms with Crippen molar-refractivity contribution in [3.63, 3.8) is 0 Å². The highest BCUT2D eigenvalue weighted by atomic mass is 32.1. The highest BCUT2D eigenvalue weighted by molar-refractivity contribution is 7.15. The first-order chi connectivity index (χ1) is 8.81. The number of nitrogens with one attached hydrogen (secondary N) is 1. The molecule has 2 heterocycles. The number of ether oxygens (including phenoxy) is 2. The first-order valence-corrected chi connectivity index (χ1v) is 7.33. The summed E-state index contributed by atoms with van der Waals surface area (Å²) in [5, 5.41) is 13.9. The standard InChI is InChI=1S/C12H19N3O2S/c1-16-12(4-6-17-7-5-12)8-13-11-15-14-10(18-11)9-2-3-9/h9H,2-8H2,1H3,(H,13,15). The Kier molecular flexibility index (Phi) is 3.50. The number of hydrogen-bond acceptors (Lipinski definition) is 6. The van der Waals surface area contributed by atoms with E-state index < -0.39 is 0 Å². The third-order valence-corrected chi connectivity index (χ3v) is 4.81. The average molecular weight is 269 g/mol. The summed E-state index contributed by atoms with van der Waals surface area (Å²) in [5.74, 6) is 0.678. The lowest BCUT2D eigenvalue weighted by molar-refractivity contribution is -0.0807. The summed E-state index contributed by atoms with van der Waals surface area (Å²) in [6, 6.07) is 0. The maximum absolute atomic E-state index is 5.68. The van der Waals surface area contributed by atoms with Gasteiger partial charge < -0.3 is 14.8 Å². The number of anilines is 1. The first-order valence-electron chi connectivity index (χ1n) is 6.51. The van der Waals surface area contributed by atoms with Gasteiger partial charge in [0, 0.05) is 45.6 Å². The van der Waals surface area contributed by atoms with Crippen LogP contribution in [-0.4, -0.2) is 42.7 Å². The SMILES string of the molecule is COC1(CNc2nnc(C3CC3)s2)CCOCC1. The summed E-state index contributed by atoms with van der Waals surface area (Å²) in [6.07, 6.45) is 4.41. The molecule has 1 aromatic heterocycles. The van der Waals surface area contributed by atoms with E-state index in [9.17, 15) is 0 Å². The van der Waals surface area contributed by atoms with Crippen molar-refractivity contribution < 1.29 is 9.47 Å². The molecule has 0 radical (unpaired) electrons. The van der Waals surface area contributed by atoms with Crippen molar-refractivity contribution in [2.75, 3.05) is 32.2 Å². The molecular formula is C12H19N3O2S. The Morgan fingerprint density at radius 1 is 1.39 bits per heavy atom. The van der Waals surface area contributed by atoms with Crippen LogP contribution in [0, 0.1) is 0 Å². The van der Waals surface area contributed by atoms with E-state index in [4.69, 9.17) is 9.47 Å². The van der Waals surface area contributed by atoms with Crippen molar-refractivity contribution in [1.82, 2.24) is 10.2 Å². The molecule has 0 amide bonds. The van der Waals surface area contributed by atoms with Crippen LogP contribution in [0.15, 0.2) is 0 Å². The Bertz CT molecular complexity index is 400. The molecule has 0 atom stereocenters. The van der Waals surface area contributed by atoms with Crippen LogP contribution in [-0.2, 0) is 9.47 Å². The van der Waals surface area contributed by atoms with Gasteiger partial charge in [-0.25, -0.2) is 0 Å². The Labute approximate surface area is 111 Å². The van der Waals surface area contributed by atoms with E-state index in [1.165, 1.54) is 17.8 Å². The minimum absolute atomic E-state index is 0.107. The van der Waals surface area contributed by atoms with Crippen LogP contribution in [0.1, 0.15) is 36.6 Å². The van der Waals surface area contributed by atoms with Crippen molar-refractivity contribution in [3.05, 3.63) is 5.01 Å². The van der Waals surface area contributed by atoms with E-state index in [0.29, 0.717) is 5.92 Å². The molecule has 0 spiro atoms. The number of aromatic nitrogens is 2. The maximum atomic E-state index is 5.68. The van der Waals surface area contributed by atoms with Gasteiger partial charge in [0.15, 0.2) is 0 Å².